The molecule has 2 aromatic carbocycles. The predicted molar refractivity (Wildman–Crippen MR) is 90.6 cm³/mol. The van der Waals surface area contributed by atoms with E-state index in [9.17, 15) is 16.8 Å². The molecule has 1 heterocycles. The van der Waals surface area contributed by atoms with E-state index in [-0.39, 0.29) is 19.2 Å². The Morgan fingerprint density at radius 3 is 2.00 bits per heavy atom. The first-order valence-corrected chi connectivity index (χ1v) is 10.7. The minimum Gasteiger partial charge on any atom is -0.217 e. The number of nitrogens with zero attached hydrogens (tertiary/aromatic N) is 1. The molecule has 0 spiro atoms. The smallest absolute Gasteiger partial charge is 0.217 e. The average Bonchev–Trinajstić information content (AvgIpc) is 3.08. The molecule has 0 radical (unpaired) electrons. The van der Waals surface area contributed by atoms with Gasteiger partial charge in [-0.2, -0.15) is 0 Å². The van der Waals surface area contributed by atoms with Gasteiger partial charge in [0.15, 0.2) is 5.03 Å². The van der Waals surface area contributed by atoms with E-state index in [1.807, 2.05) is 6.92 Å². The molecule has 0 aliphatic rings. The summed E-state index contributed by atoms with van der Waals surface area (Å²) in [6, 6.07) is 14.1. The number of aromatic nitrogens is 1. The van der Waals surface area contributed by atoms with Gasteiger partial charge in [-0.05, 0) is 31.2 Å². The van der Waals surface area contributed by atoms with Gasteiger partial charge in [0.2, 0.25) is 24.0 Å². The molecule has 0 atom stereocenters. The van der Waals surface area contributed by atoms with E-state index in [0.29, 0.717) is 0 Å². The lowest BCUT2D eigenvalue weighted by atomic mass is 10.2. The van der Waals surface area contributed by atoms with Gasteiger partial charge in [0.05, 0.1) is 9.79 Å². The Balaban J connectivity index is 2.04. The summed E-state index contributed by atoms with van der Waals surface area (Å²) in [4.78, 5) is 4.04. The van der Waals surface area contributed by atoms with Gasteiger partial charge >= 0.3 is 0 Å². The number of hydrogen-bond acceptors (Lipinski definition) is 6. The molecule has 3 aromatic rings. The zero-order valence-electron chi connectivity index (χ0n) is 12.6. The largest absolute Gasteiger partial charge is 0.233 e. The topological polar surface area (TPSA) is 81.2 Å². The molecule has 24 heavy (non-hydrogen) atoms. The van der Waals surface area contributed by atoms with Crippen LogP contribution in [0.4, 0.5) is 0 Å². The summed E-state index contributed by atoms with van der Waals surface area (Å²) in [7, 11) is -7.67. The fraction of sp³-hybridized carbons (Fsp3) is 0.0625. The number of benzene rings is 2. The minimum absolute atomic E-state index is 0.0821. The molecule has 0 saturated carbocycles. The van der Waals surface area contributed by atoms with Crippen molar-refractivity contribution in [2.45, 2.75) is 26.1 Å². The van der Waals surface area contributed by atoms with E-state index in [1.165, 1.54) is 29.6 Å². The summed E-state index contributed by atoms with van der Waals surface area (Å²) in [5, 5.41) is 0.997. The van der Waals surface area contributed by atoms with Gasteiger partial charge < -0.3 is 0 Å². The average molecular weight is 379 g/mol. The summed E-state index contributed by atoms with van der Waals surface area (Å²) in [6.07, 6.45) is 0. The minimum atomic E-state index is -3.84. The first kappa shape index (κ1) is 16.8. The first-order chi connectivity index (χ1) is 11.3. The molecular weight excluding hydrogens is 366 g/mol. The van der Waals surface area contributed by atoms with Crippen LogP contribution in [0.1, 0.15) is 5.56 Å². The molecule has 0 fully saturated rings. The van der Waals surface area contributed by atoms with Crippen molar-refractivity contribution >= 4 is 31.0 Å². The van der Waals surface area contributed by atoms with E-state index in [1.54, 1.807) is 30.3 Å². The number of hydrogen-bond donors (Lipinski definition) is 0. The molecule has 5 nitrogen and oxygen atoms in total. The molecule has 0 N–H and O–H groups in total. The Kier molecular flexibility index (Phi) is 4.29. The van der Waals surface area contributed by atoms with Crippen LogP contribution in [0.15, 0.2) is 79.1 Å². The molecule has 0 bridgehead atoms. The summed E-state index contributed by atoms with van der Waals surface area (Å²) in [5.74, 6) is 0. The third-order valence-electron chi connectivity index (χ3n) is 3.35. The van der Waals surface area contributed by atoms with Crippen LogP contribution in [-0.2, 0) is 19.7 Å². The molecule has 0 amide bonds. The maximum absolute atomic E-state index is 12.6. The van der Waals surface area contributed by atoms with Gasteiger partial charge in [0.1, 0.15) is 0 Å². The van der Waals surface area contributed by atoms with Crippen LogP contribution in [0.2, 0.25) is 0 Å². The molecule has 0 saturated heterocycles. The van der Waals surface area contributed by atoms with Crippen LogP contribution in [0.25, 0.3) is 0 Å². The van der Waals surface area contributed by atoms with Crippen molar-refractivity contribution < 1.29 is 16.8 Å². The van der Waals surface area contributed by atoms with E-state index in [0.717, 1.165) is 16.9 Å². The van der Waals surface area contributed by atoms with Crippen molar-refractivity contribution in [3.05, 3.63) is 65.5 Å². The third-order valence-corrected chi connectivity index (χ3v) is 8.18. The van der Waals surface area contributed by atoms with Crippen LogP contribution in [-0.4, -0.2) is 21.8 Å². The SMILES string of the molecule is Cc1ccc(S(=O)(=O)c2csc(S(=O)(=O)c3ccccc3)n2)cc1. The van der Waals surface area contributed by atoms with Gasteiger partial charge in [0.25, 0.3) is 0 Å². The number of aryl methyl sites for hydroxylation is 1. The van der Waals surface area contributed by atoms with Gasteiger partial charge in [-0.25, -0.2) is 21.8 Å². The standard InChI is InChI=1S/C16H13NO4S3/c1-12-7-9-14(10-8-12)23(18,19)15-11-22-16(17-15)24(20,21)13-5-3-2-4-6-13/h2-11H,1H3. The second kappa shape index (κ2) is 6.12. The Bertz CT molecular complexity index is 1070. The van der Waals surface area contributed by atoms with Gasteiger partial charge in [-0.15, -0.1) is 11.3 Å². The van der Waals surface area contributed by atoms with Crippen molar-refractivity contribution in [3.63, 3.8) is 0 Å². The molecule has 3 rings (SSSR count). The summed E-state index contributed by atoms with van der Waals surface area (Å²) < 4.78 is 49.9. The molecule has 0 aliphatic carbocycles. The van der Waals surface area contributed by atoms with Crippen LogP contribution in [0.3, 0.4) is 0 Å². The highest BCUT2D eigenvalue weighted by molar-refractivity contribution is 7.94. The Morgan fingerprint density at radius 1 is 0.792 bits per heavy atom. The van der Waals surface area contributed by atoms with Gasteiger partial charge in [0, 0.05) is 5.38 Å². The van der Waals surface area contributed by atoms with E-state index < -0.39 is 19.7 Å². The van der Waals surface area contributed by atoms with Crippen molar-refractivity contribution in [1.29, 1.82) is 0 Å². The van der Waals surface area contributed by atoms with Crippen LogP contribution in [0, 0.1) is 6.92 Å². The Hall–Kier alpha value is -2.03. The Morgan fingerprint density at radius 2 is 1.38 bits per heavy atom. The summed E-state index contributed by atoms with van der Waals surface area (Å²) in [6.45, 7) is 1.85. The molecule has 124 valence electrons. The second-order valence-corrected chi connectivity index (χ2v) is 9.96. The second-order valence-electron chi connectivity index (χ2n) is 5.08. The monoisotopic (exact) mass is 379 g/mol. The fourth-order valence-corrected chi connectivity index (χ4v) is 6.02. The Labute approximate surface area is 144 Å². The summed E-state index contributed by atoms with van der Waals surface area (Å²) >= 11 is 0.798. The molecule has 0 aliphatic heterocycles. The normalized spacial score (nSPS) is 12.2. The quantitative estimate of drug-likeness (QED) is 0.696. The van der Waals surface area contributed by atoms with Gasteiger partial charge in [-0.3, -0.25) is 0 Å². The predicted octanol–water partition coefficient (Wildman–Crippen LogP) is 3.12. The highest BCUT2D eigenvalue weighted by atomic mass is 32.2. The van der Waals surface area contributed by atoms with E-state index in [2.05, 4.69) is 4.98 Å². The molecule has 1 aromatic heterocycles. The maximum atomic E-state index is 12.6. The van der Waals surface area contributed by atoms with Crippen LogP contribution >= 0.6 is 11.3 Å². The van der Waals surface area contributed by atoms with Gasteiger partial charge in [-0.1, -0.05) is 35.9 Å². The molecule has 0 unspecified atom stereocenters. The third kappa shape index (κ3) is 3.00. The van der Waals surface area contributed by atoms with Crippen LogP contribution in [0.5, 0.6) is 0 Å². The first-order valence-electron chi connectivity index (χ1n) is 6.89. The van der Waals surface area contributed by atoms with E-state index >= 15 is 0 Å². The highest BCUT2D eigenvalue weighted by Gasteiger charge is 2.26. The zero-order chi connectivity index (χ0) is 17.4. The van der Waals surface area contributed by atoms with Crippen molar-refractivity contribution in [3.8, 4) is 0 Å². The number of sulfone groups is 2. The number of rotatable bonds is 4. The summed E-state index contributed by atoms with van der Waals surface area (Å²) in [5.41, 5.74) is 0.930. The van der Waals surface area contributed by atoms with Crippen LogP contribution < -0.4 is 0 Å². The molecule has 8 heteroatoms. The highest BCUT2D eigenvalue weighted by Crippen LogP contribution is 2.28. The lowest BCUT2D eigenvalue weighted by Gasteiger charge is -2.02. The lowest BCUT2D eigenvalue weighted by Crippen LogP contribution is -2.05. The maximum Gasteiger partial charge on any atom is 0.233 e. The van der Waals surface area contributed by atoms with E-state index in [4.69, 9.17) is 0 Å². The zero-order valence-corrected chi connectivity index (χ0v) is 15.0. The van der Waals surface area contributed by atoms with Crippen molar-refractivity contribution in [2.75, 3.05) is 0 Å². The molecular formula is C16H13NO4S3. The van der Waals surface area contributed by atoms with Crippen molar-refractivity contribution in [1.82, 2.24) is 4.98 Å². The lowest BCUT2D eigenvalue weighted by molar-refractivity contribution is 0.589. The fourth-order valence-electron chi connectivity index (χ4n) is 2.03. The number of thiazole rings is 1. The van der Waals surface area contributed by atoms with Crippen molar-refractivity contribution in [2.24, 2.45) is 0 Å².